The van der Waals surface area contributed by atoms with Gasteiger partial charge < -0.3 is 15.2 Å². The third kappa shape index (κ3) is 3.98. The fourth-order valence-corrected chi connectivity index (χ4v) is 4.48. The molecule has 4 rings (SSSR count). The number of hydrogen-bond acceptors (Lipinski definition) is 4. The van der Waals surface area contributed by atoms with Crippen LogP contribution < -0.4 is 10.6 Å². The summed E-state index contributed by atoms with van der Waals surface area (Å²) < 4.78 is 2.05. The lowest BCUT2D eigenvalue weighted by atomic mass is 10.1. The molecule has 6 nitrogen and oxygen atoms in total. The summed E-state index contributed by atoms with van der Waals surface area (Å²) in [6, 6.07) is 10.4. The molecule has 0 saturated carbocycles. The Kier molecular flexibility index (Phi) is 5.53. The lowest BCUT2D eigenvalue weighted by molar-refractivity contribution is -0.118. The molecule has 1 fully saturated rings. The van der Waals surface area contributed by atoms with Crippen LogP contribution in [0.1, 0.15) is 23.2 Å². The summed E-state index contributed by atoms with van der Waals surface area (Å²) in [7, 11) is 0. The number of pyridine rings is 1. The van der Waals surface area contributed by atoms with Crippen LogP contribution in [0.4, 0.5) is 5.69 Å². The van der Waals surface area contributed by atoms with E-state index in [0.717, 1.165) is 50.4 Å². The number of fused-ring (bicyclic) bond motifs is 1. The molecule has 0 atom stereocenters. The van der Waals surface area contributed by atoms with Crippen molar-refractivity contribution in [2.75, 3.05) is 31.1 Å². The van der Waals surface area contributed by atoms with Gasteiger partial charge in [-0.15, -0.1) is 0 Å². The zero-order chi connectivity index (χ0) is 20.4. The van der Waals surface area contributed by atoms with E-state index < -0.39 is 0 Å². The molecule has 1 aromatic carbocycles. The molecular formula is C23H29N5O. The Morgan fingerprint density at radius 3 is 2.72 bits per heavy atom. The van der Waals surface area contributed by atoms with E-state index in [9.17, 15) is 4.79 Å². The molecule has 29 heavy (non-hydrogen) atoms. The molecular weight excluding hydrogens is 362 g/mol. The van der Waals surface area contributed by atoms with Crippen LogP contribution >= 0.6 is 0 Å². The molecule has 0 radical (unpaired) electrons. The van der Waals surface area contributed by atoms with Gasteiger partial charge in [0.2, 0.25) is 5.91 Å². The number of nitrogens with zero attached hydrogens (tertiary/aromatic N) is 4. The lowest BCUT2D eigenvalue weighted by Gasteiger charge is -2.25. The number of aryl methyl sites for hydroxylation is 1. The average Bonchev–Trinajstić information content (AvgIpc) is 2.86. The monoisotopic (exact) mass is 391 g/mol. The second kappa shape index (κ2) is 8.25. The van der Waals surface area contributed by atoms with Gasteiger partial charge in [-0.1, -0.05) is 18.2 Å². The van der Waals surface area contributed by atoms with Gasteiger partial charge >= 0.3 is 0 Å². The lowest BCUT2D eigenvalue weighted by Crippen LogP contribution is -2.31. The van der Waals surface area contributed by atoms with Gasteiger partial charge in [-0.3, -0.25) is 14.7 Å². The Bertz CT molecular complexity index is 1030. The van der Waals surface area contributed by atoms with Gasteiger partial charge in [0.15, 0.2) is 0 Å². The molecule has 152 valence electrons. The summed E-state index contributed by atoms with van der Waals surface area (Å²) in [4.78, 5) is 20.8. The zero-order valence-electron chi connectivity index (χ0n) is 17.3. The van der Waals surface area contributed by atoms with Crippen molar-refractivity contribution in [1.29, 1.82) is 0 Å². The molecule has 2 N–H and O–H groups in total. The van der Waals surface area contributed by atoms with Gasteiger partial charge in [-0.25, -0.2) is 0 Å². The van der Waals surface area contributed by atoms with Crippen molar-refractivity contribution in [2.45, 2.75) is 33.4 Å². The van der Waals surface area contributed by atoms with Gasteiger partial charge in [-0.05, 0) is 43.5 Å². The number of anilines is 1. The summed E-state index contributed by atoms with van der Waals surface area (Å²) in [6.45, 7) is 9.48. The molecule has 3 heterocycles. The number of para-hydroxylation sites is 1. The highest BCUT2D eigenvalue weighted by Crippen LogP contribution is 2.28. The van der Waals surface area contributed by atoms with E-state index in [4.69, 9.17) is 5.73 Å². The van der Waals surface area contributed by atoms with Gasteiger partial charge in [0, 0.05) is 67.4 Å². The van der Waals surface area contributed by atoms with Gasteiger partial charge in [0.05, 0.1) is 0 Å². The van der Waals surface area contributed by atoms with Crippen LogP contribution in [0.2, 0.25) is 0 Å². The van der Waals surface area contributed by atoms with E-state index in [1.54, 1.807) is 0 Å². The summed E-state index contributed by atoms with van der Waals surface area (Å²) in [5, 5.41) is 1.22. The summed E-state index contributed by atoms with van der Waals surface area (Å²) in [5.74, 6) is -0.307. The highest BCUT2D eigenvalue weighted by Gasteiger charge is 2.20. The molecule has 1 saturated heterocycles. The van der Waals surface area contributed by atoms with Crippen molar-refractivity contribution in [2.24, 2.45) is 5.73 Å². The smallest absolute Gasteiger partial charge is 0.237 e. The molecule has 6 heteroatoms. The SMILES string of the molecule is Cc1cnccc1N1CCCN(Cc2c(C)n(CC(N)=O)c3ccccc23)CC1. The van der Waals surface area contributed by atoms with E-state index in [0.29, 0.717) is 0 Å². The van der Waals surface area contributed by atoms with Crippen molar-refractivity contribution >= 4 is 22.5 Å². The Balaban J connectivity index is 1.56. The Labute approximate surface area is 171 Å². The summed E-state index contributed by atoms with van der Waals surface area (Å²) in [5.41, 5.74) is 11.5. The third-order valence-corrected chi connectivity index (χ3v) is 5.98. The van der Waals surface area contributed by atoms with Crippen molar-refractivity contribution in [1.82, 2.24) is 14.5 Å². The maximum Gasteiger partial charge on any atom is 0.237 e. The standard InChI is InChI=1S/C23H29N5O/c1-17-14-25-9-8-21(17)27-11-5-10-26(12-13-27)15-20-18(2)28(16-23(24)29)22-7-4-3-6-19(20)22/h3-4,6-9,14H,5,10-13,15-16H2,1-2H3,(H2,24,29). The Hall–Kier alpha value is -2.86. The predicted octanol–water partition coefficient (Wildman–Crippen LogP) is 2.85. The molecule has 1 aliphatic heterocycles. The highest BCUT2D eigenvalue weighted by molar-refractivity contribution is 5.87. The number of amides is 1. The summed E-state index contributed by atoms with van der Waals surface area (Å²) in [6.07, 6.45) is 4.94. The molecule has 0 spiro atoms. The Morgan fingerprint density at radius 1 is 1.10 bits per heavy atom. The van der Waals surface area contributed by atoms with Crippen LogP contribution in [0.3, 0.4) is 0 Å². The van der Waals surface area contributed by atoms with Crippen LogP contribution in [0, 0.1) is 13.8 Å². The molecule has 3 aromatic rings. The fraction of sp³-hybridized carbons (Fsp3) is 0.391. The number of rotatable bonds is 5. The summed E-state index contributed by atoms with van der Waals surface area (Å²) >= 11 is 0. The van der Waals surface area contributed by atoms with Crippen LogP contribution in [0.25, 0.3) is 10.9 Å². The first-order valence-corrected chi connectivity index (χ1v) is 10.3. The molecule has 0 aliphatic carbocycles. The maximum atomic E-state index is 11.6. The minimum atomic E-state index is -0.307. The van der Waals surface area contributed by atoms with E-state index >= 15 is 0 Å². The number of aromatic nitrogens is 2. The molecule has 1 amide bonds. The zero-order valence-corrected chi connectivity index (χ0v) is 17.3. The second-order valence-electron chi connectivity index (χ2n) is 7.91. The molecule has 0 bridgehead atoms. The van der Waals surface area contributed by atoms with Gasteiger partial charge in [0.25, 0.3) is 0 Å². The number of hydrogen-bond donors (Lipinski definition) is 1. The quantitative estimate of drug-likeness (QED) is 0.726. The minimum absolute atomic E-state index is 0.224. The average molecular weight is 392 g/mol. The van der Waals surface area contributed by atoms with E-state index in [1.165, 1.54) is 22.2 Å². The number of nitrogens with two attached hydrogens (primary N) is 1. The third-order valence-electron chi connectivity index (χ3n) is 5.98. The maximum absolute atomic E-state index is 11.6. The van der Waals surface area contributed by atoms with Gasteiger partial charge in [0.1, 0.15) is 6.54 Å². The molecule has 1 aliphatic rings. The van der Waals surface area contributed by atoms with E-state index in [1.807, 2.05) is 18.5 Å². The normalized spacial score (nSPS) is 15.6. The van der Waals surface area contributed by atoms with Crippen LogP contribution in [0.15, 0.2) is 42.7 Å². The first-order valence-electron chi connectivity index (χ1n) is 10.3. The van der Waals surface area contributed by atoms with E-state index in [2.05, 4.69) is 57.5 Å². The minimum Gasteiger partial charge on any atom is -0.370 e. The molecule has 2 aromatic heterocycles. The van der Waals surface area contributed by atoms with Crippen molar-refractivity contribution in [3.8, 4) is 0 Å². The van der Waals surface area contributed by atoms with Crippen molar-refractivity contribution < 1.29 is 4.79 Å². The molecule has 0 unspecified atom stereocenters. The largest absolute Gasteiger partial charge is 0.370 e. The van der Waals surface area contributed by atoms with Crippen molar-refractivity contribution in [3.05, 3.63) is 59.5 Å². The Morgan fingerprint density at radius 2 is 1.93 bits per heavy atom. The number of carbonyl (C=O) groups is 1. The van der Waals surface area contributed by atoms with Crippen LogP contribution in [-0.4, -0.2) is 46.5 Å². The number of benzene rings is 1. The number of primary amides is 1. The van der Waals surface area contributed by atoms with E-state index in [-0.39, 0.29) is 12.5 Å². The van der Waals surface area contributed by atoms with Crippen LogP contribution in [-0.2, 0) is 17.9 Å². The number of carbonyl (C=O) groups excluding carboxylic acids is 1. The van der Waals surface area contributed by atoms with Gasteiger partial charge in [-0.2, -0.15) is 0 Å². The van der Waals surface area contributed by atoms with Crippen LogP contribution in [0.5, 0.6) is 0 Å². The highest BCUT2D eigenvalue weighted by atomic mass is 16.1. The second-order valence-corrected chi connectivity index (χ2v) is 7.91. The predicted molar refractivity (Wildman–Crippen MR) is 117 cm³/mol. The fourth-order valence-electron chi connectivity index (χ4n) is 4.48. The van der Waals surface area contributed by atoms with Crippen molar-refractivity contribution in [3.63, 3.8) is 0 Å². The first-order chi connectivity index (χ1) is 14.0. The topological polar surface area (TPSA) is 67.4 Å². The first kappa shape index (κ1) is 19.5.